The van der Waals surface area contributed by atoms with Crippen molar-refractivity contribution in [1.29, 1.82) is 0 Å². The summed E-state index contributed by atoms with van der Waals surface area (Å²) >= 11 is 3.38. The van der Waals surface area contributed by atoms with Crippen molar-refractivity contribution in [3.63, 3.8) is 0 Å². The van der Waals surface area contributed by atoms with Crippen LogP contribution in [0.15, 0.2) is 22.7 Å². The highest BCUT2D eigenvalue weighted by Crippen LogP contribution is 2.31. The summed E-state index contributed by atoms with van der Waals surface area (Å²) in [4.78, 5) is 0. The maximum absolute atomic E-state index is 9.62. The number of aliphatic hydroxyl groups is 1. The number of benzene rings is 1. The molecule has 0 amide bonds. The second kappa shape index (κ2) is 3.07. The zero-order valence-electron chi connectivity index (χ0n) is 6.55. The molecule has 2 nitrogen and oxygen atoms in total. The third-order valence-corrected chi connectivity index (χ3v) is 2.60. The first-order valence-corrected chi connectivity index (χ1v) is 4.78. The number of anilines is 1. The van der Waals surface area contributed by atoms with E-state index in [1.165, 1.54) is 0 Å². The number of halogens is 1. The first kappa shape index (κ1) is 8.08. The van der Waals surface area contributed by atoms with Crippen LogP contribution < -0.4 is 5.32 Å². The fourth-order valence-electron chi connectivity index (χ4n) is 1.47. The fourth-order valence-corrected chi connectivity index (χ4v) is 1.85. The molecule has 0 saturated heterocycles. The molecule has 1 atom stereocenters. The summed E-state index contributed by atoms with van der Waals surface area (Å²) < 4.78 is 1.02. The van der Waals surface area contributed by atoms with E-state index in [4.69, 9.17) is 0 Å². The minimum atomic E-state index is -0.307. The Morgan fingerprint density at radius 2 is 2.33 bits per heavy atom. The van der Waals surface area contributed by atoms with Crippen molar-refractivity contribution in [3.8, 4) is 0 Å². The Morgan fingerprint density at radius 1 is 1.50 bits per heavy atom. The monoisotopic (exact) mass is 227 g/mol. The molecule has 0 aliphatic carbocycles. The van der Waals surface area contributed by atoms with E-state index in [0.717, 1.165) is 28.7 Å². The van der Waals surface area contributed by atoms with E-state index in [1.807, 2.05) is 18.2 Å². The molecule has 1 unspecified atom stereocenters. The van der Waals surface area contributed by atoms with Gasteiger partial charge in [0.05, 0.1) is 6.10 Å². The molecule has 1 aromatic carbocycles. The lowest BCUT2D eigenvalue weighted by Crippen LogP contribution is -2.16. The molecule has 0 spiro atoms. The SMILES string of the molecule is OC1CCNc2ccc(Br)cc21. The smallest absolute Gasteiger partial charge is 0.0827 e. The van der Waals surface area contributed by atoms with Crippen molar-refractivity contribution < 1.29 is 5.11 Å². The summed E-state index contributed by atoms with van der Waals surface area (Å²) in [6.45, 7) is 0.857. The van der Waals surface area contributed by atoms with Gasteiger partial charge in [0.15, 0.2) is 0 Å². The van der Waals surface area contributed by atoms with Crippen LogP contribution in [0.2, 0.25) is 0 Å². The van der Waals surface area contributed by atoms with Gasteiger partial charge in [0.1, 0.15) is 0 Å². The average Bonchev–Trinajstić information content (AvgIpc) is 2.07. The van der Waals surface area contributed by atoms with Crippen molar-refractivity contribution in [2.24, 2.45) is 0 Å². The van der Waals surface area contributed by atoms with Crippen LogP contribution in [0.3, 0.4) is 0 Å². The van der Waals surface area contributed by atoms with Crippen LogP contribution in [0.1, 0.15) is 18.1 Å². The number of fused-ring (bicyclic) bond motifs is 1. The highest BCUT2D eigenvalue weighted by molar-refractivity contribution is 9.10. The van der Waals surface area contributed by atoms with Crippen molar-refractivity contribution in [1.82, 2.24) is 0 Å². The molecule has 2 rings (SSSR count). The molecule has 2 N–H and O–H groups in total. The molecule has 0 radical (unpaired) electrons. The number of hydrogen-bond donors (Lipinski definition) is 2. The highest BCUT2D eigenvalue weighted by atomic mass is 79.9. The third kappa shape index (κ3) is 1.34. The summed E-state index contributed by atoms with van der Waals surface area (Å²) in [7, 11) is 0. The molecule has 1 aliphatic rings. The normalized spacial score (nSPS) is 21.3. The number of rotatable bonds is 0. The molecule has 0 aromatic heterocycles. The summed E-state index contributed by atoms with van der Waals surface area (Å²) in [5, 5.41) is 12.9. The highest BCUT2D eigenvalue weighted by Gasteiger charge is 2.16. The van der Waals surface area contributed by atoms with Gasteiger partial charge >= 0.3 is 0 Å². The lowest BCUT2D eigenvalue weighted by molar-refractivity contribution is 0.168. The van der Waals surface area contributed by atoms with Crippen molar-refractivity contribution in [2.75, 3.05) is 11.9 Å². The Morgan fingerprint density at radius 3 is 3.17 bits per heavy atom. The van der Waals surface area contributed by atoms with E-state index >= 15 is 0 Å². The van der Waals surface area contributed by atoms with E-state index in [9.17, 15) is 5.11 Å². The lowest BCUT2D eigenvalue weighted by atomic mass is 10.0. The Balaban J connectivity index is 2.47. The second-order valence-corrected chi connectivity index (χ2v) is 3.88. The van der Waals surface area contributed by atoms with Gasteiger partial charge in [-0.05, 0) is 24.6 Å². The molecular formula is C9H10BrNO. The van der Waals surface area contributed by atoms with E-state index in [2.05, 4.69) is 21.2 Å². The molecule has 0 saturated carbocycles. The standard InChI is InChI=1S/C9H10BrNO/c10-6-1-2-8-7(5-6)9(12)3-4-11-8/h1-2,5,9,11-12H,3-4H2. The van der Waals surface area contributed by atoms with E-state index < -0.39 is 0 Å². The molecule has 3 heteroatoms. The molecule has 12 heavy (non-hydrogen) atoms. The van der Waals surface area contributed by atoms with Crippen molar-refractivity contribution in [3.05, 3.63) is 28.2 Å². The summed E-state index contributed by atoms with van der Waals surface area (Å²) in [6.07, 6.45) is 0.488. The Labute approximate surface area is 79.7 Å². The molecular weight excluding hydrogens is 218 g/mol. The van der Waals surface area contributed by atoms with Crippen LogP contribution in [0.25, 0.3) is 0 Å². The third-order valence-electron chi connectivity index (χ3n) is 2.11. The van der Waals surface area contributed by atoms with Crippen molar-refractivity contribution >= 4 is 21.6 Å². The van der Waals surface area contributed by atoms with E-state index in [-0.39, 0.29) is 6.10 Å². The Hall–Kier alpha value is -0.540. The van der Waals surface area contributed by atoms with Gasteiger partial charge in [-0.3, -0.25) is 0 Å². The van der Waals surface area contributed by atoms with Crippen LogP contribution in [0.5, 0.6) is 0 Å². The Bertz CT molecular complexity index is 301. The minimum Gasteiger partial charge on any atom is -0.388 e. The summed E-state index contributed by atoms with van der Waals surface area (Å²) in [5.41, 5.74) is 2.05. The summed E-state index contributed by atoms with van der Waals surface area (Å²) in [6, 6.07) is 5.93. The largest absolute Gasteiger partial charge is 0.388 e. The molecule has 1 aromatic rings. The first-order valence-electron chi connectivity index (χ1n) is 3.99. The molecule has 0 fully saturated rings. The van der Waals surface area contributed by atoms with Gasteiger partial charge in [0, 0.05) is 22.3 Å². The topological polar surface area (TPSA) is 32.3 Å². The van der Waals surface area contributed by atoms with Crippen molar-refractivity contribution in [2.45, 2.75) is 12.5 Å². The second-order valence-electron chi connectivity index (χ2n) is 2.96. The molecule has 1 heterocycles. The molecule has 64 valence electrons. The van der Waals surface area contributed by atoms with Gasteiger partial charge in [-0.15, -0.1) is 0 Å². The zero-order valence-corrected chi connectivity index (χ0v) is 8.13. The van der Waals surface area contributed by atoms with Gasteiger partial charge in [0.25, 0.3) is 0 Å². The van der Waals surface area contributed by atoms with E-state index in [0.29, 0.717) is 0 Å². The number of hydrogen-bond acceptors (Lipinski definition) is 2. The first-order chi connectivity index (χ1) is 5.77. The predicted octanol–water partition coefficient (Wildman–Crippen LogP) is 2.30. The molecule has 1 aliphatic heterocycles. The number of nitrogens with one attached hydrogen (secondary N) is 1. The van der Waals surface area contributed by atoms with E-state index in [1.54, 1.807) is 0 Å². The van der Waals surface area contributed by atoms with Gasteiger partial charge < -0.3 is 10.4 Å². The van der Waals surface area contributed by atoms with Crippen LogP contribution in [-0.4, -0.2) is 11.7 Å². The van der Waals surface area contributed by atoms with Gasteiger partial charge in [-0.1, -0.05) is 15.9 Å². The maximum atomic E-state index is 9.62. The van der Waals surface area contributed by atoms with Crippen LogP contribution >= 0.6 is 15.9 Å². The molecule has 0 bridgehead atoms. The van der Waals surface area contributed by atoms with Crippen LogP contribution in [0.4, 0.5) is 5.69 Å². The minimum absolute atomic E-state index is 0.307. The van der Waals surface area contributed by atoms with Gasteiger partial charge in [0.2, 0.25) is 0 Å². The quantitative estimate of drug-likeness (QED) is 0.714. The summed E-state index contributed by atoms with van der Waals surface area (Å²) in [5.74, 6) is 0. The van der Waals surface area contributed by atoms with Crippen LogP contribution in [0, 0.1) is 0 Å². The number of aliphatic hydroxyl groups excluding tert-OH is 1. The fraction of sp³-hybridized carbons (Fsp3) is 0.333. The lowest BCUT2D eigenvalue weighted by Gasteiger charge is -2.22. The Kier molecular flexibility index (Phi) is 2.07. The average molecular weight is 228 g/mol. The van der Waals surface area contributed by atoms with Crippen LogP contribution in [-0.2, 0) is 0 Å². The van der Waals surface area contributed by atoms with Gasteiger partial charge in [-0.25, -0.2) is 0 Å². The zero-order chi connectivity index (χ0) is 8.55. The maximum Gasteiger partial charge on any atom is 0.0827 e. The predicted molar refractivity (Wildman–Crippen MR) is 52.2 cm³/mol. The van der Waals surface area contributed by atoms with Gasteiger partial charge in [-0.2, -0.15) is 0 Å².